The van der Waals surface area contributed by atoms with Crippen molar-refractivity contribution in [2.75, 3.05) is 20.8 Å². The minimum atomic E-state index is -0.152. The summed E-state index contributed by atoms with van der Waals surface area (Å²) in [5.41, 5.74) is 0.945. The molecule has 0 spiro atoms. The summed E-state index contributed by atoms with van der Waals surface area (Å²) in [6.45, 7) is 0.740. The molecular weight excluding hydrogens is 274 g/mol. The molecule has 1 unspecified atom stereocenters. The fraction of sp³-hybridized carbons (Fsp3) is 0.333. The lowest BCUT2D eigenvalue weighted by Crippen LogP contribution is -2.23. The van der Waals surface area contributed by atoms with Crippen LogP contribution in [0.2, 0.25) is 0 Å². The molecule has 0 saturated carbocycles. The number of methoxy groups -OCH3 is 2. The van der Waals surface area contributed by atoms with Crippen LogP contribution in [0.3, 0.4) is 0 Å². The Morgan fingerprint density at radius 2 is 1.90 bits per heavy atom. The Morgan fingerprint density at radius 3 is 2.40 bits per heavy atom. The van der Waals surface area contributed by atoms with Gasteiger partial charge in [0.15, 0.2) is 0 Å². The summed E-state index contributed by atoms with van der Waals surface area (Å²) in [6, 6.07) is 9.57. The quantitative estimate of drug-likeness (QED) is 0.824. The van der Waals surface area contributed by atoms with E-state index in [4.69, 9.17) is 9.47 Å². The van der Waals surface area contributed by atoms with Crippen molar-refractivity contribution in [3.63, 3.8) is 0 Å². The number of aliphatic hydroxyl groups is 1. The van der Waals surface area contributed by atoms with Crippen LogP contribution < -0.4 is 14.8 Å². The average Bonchev–Trinajstić information content (AvgIpc) is 3.00. The van der Waals surface area contributed by atoms with E-state index in [9.17, 15) is 5.11 Å². The van der Waals surface area contributed by atoms with Gasteiger partial charge in [-0.1, -0.05) is 6.07 Å². The third-order valence-corrected chi connectivity index (χ3v) is 3.94. The van der Waals surface area contributed by atoms with Gasteiger partial charge in [-0.05, 0) is 29.1 Å². The van der Waals surface area contributed by atoms with Crippen molar-refractivity contribution < 1.29 is 14.6 Å². The van der Waals surface area contributed by atoms with Crippen LogP contribution in [-0.4, -0.2) is 25.9 Å². The Hall–Kier alpha value is -1.56. The number of aliphatic hydroxyl groups excluding tert-OH is 1. The molecule has 4 nitrogen and oxygen atoms in total. The Morgan fingerprint density at radius 1 is 1.20 bits per heavy atom. The van der Waals surface area contributed by atoms with Gasteiger partial charge in [-0.3, -0.25) is 0 Å². The molecule has 20 heavy (non-hydrogen) atoms. The van der Waals surface area contributed by atoms with E-state index in [2.05, 4.69) is 11.4 Å². The van der Waals surface area contributed by atoms with Crippen molar-refractivity contribution in [1.82, 2.24) is 5.32 Å². The van der Waals surface area contributed by atoms with Crippen LogP contribution >= 0.6 is 11.3 Å². The van der Waals surface area contributed by atoms with Gasteiger partial charge in [0.25, 0.3) is 0 Å². The molecule has 0 aliphatic carbocycles. The number of thiophene rings is 1. The van der Waals surface area contributed by atoms with E-state index in [1.807, 2.05) is 29.6 Å². The van der Waals surface area contributed by atoms with E-state index in [1.54, 1.807) is 25.6 Å². The first-order valence-corrected chi connectivity index (χ1v) is 7.24. The number of rotatable bonds is 7. The van der Waals surface area contributed by atoms with E-state index >= 15 is 0 Å². The largest absolute Gasteiger partial charge is 0.497 e. The molecule has 108 valence electrons. The van der Waals surface area contributed by atoms with Crippen molar-refractivity contribution in [2.24, 2.45) is 0 Å². The van der Waals surface area contributed by atoms with E-state index in [0.717, 1.165) is 23.6 Å². The third-order valence-electron chi connectivity index (χ3n) is 3.06. The average molecular weight is 293 g/mol. The van der Waals surface area contributed by atoms with Crippen molar-refractivity contribution in [3.05, 3.63) is 46.2 Å². The van der Waals surface area contributed by atoms with Gasteiger partial charge in [0.2, 0.25) is 0 Å². The smallest absolute Gasteiger partial charge is 0.122 e. The Bertz CT molecular complexity index is 506. The van der Waals surface area contributed by atoms with Crippen LogP contribution in [0.15, 0.2) is 35.7 Å². The zero-order chi connectivity index (χ0) is 14.4. The molecule has 1 aromatic carbocycles. The Kier molecular flexibility index (Phi) is 5.40. The summed E-state index contributed by atoms with van der Waals surface area (Å²) in [5.74, 6) is 1.44. The molecule has 1 atom stereocenters. The SMILES string of the molecule is COc1cc(OC)cc(C(CO)NCc2cccs2)c1. The Balaban J connectivity index is 2.13. The number of hydrogen-bond acceptors (Lipinski definition) is 5. The van der Waals surface area contributed by atoms with Gasteiger partial charge in [-0.2, -0.15) is 0 Å². The number of nitrogens with one attached hydrogen (secondary N) is 1. The molecular formula is C15H19NO3S. The molecule has 0 saturated heterocycles. The maximum Gasteiger partial charge on any atom is 0.122 e. The third kappa shape index (κ3) is 3.72. The molecule has 0 fully saturated rings. The zero-order valence-electron chi connectivity index (χ0n) is 11.6. The fourth-order valence-electron chi connectivity index (χ4n) is 1.96. The zero-order valence-corrected chi connectivity index (χ0v) is 12.4. The van der Waals surface area contributed by atoms with Gasteiger partial charge in [0, 0.05) is 17.5 Å². The highest BCUT2D eigenvalue weighted by molar-refractivity contribution is 7.09. The Labute approximate surface area is 123 Å². The highest BCUT2D eigenvalue weighted by Crippen LogP contribution is 2.26. The van der Waals surface area contributed by atoms with Crippen molar-refractivity contribution in [3.8, 4) is 11.5 Å². The van der Waals surface area contributed by atoms with Crippen LogP contribution in [0.5, 0.6) is 11.5 Å². The molecule has 2 aromatic rings. The molecule has 0 aliphatic rings. The van der Waals surface area contributed by atoms with Gasteiger partial charge in [-0.15, -0.1) is 11.3 Å². The van der Waals surface area contributed by atoms with Gasteiger partial charge >= 0.3 is 0 Å². The topological polar surface area (TPSA) is 50.7 Å². The van der Waals surface area contributed by atoms with Crippen LogP contribution in [0, 0.1) is 0 Å². The van der Waals surface area contributed by atoms with Gasteiger partial charge in [0.1, 0.15) is 11.5 Å². The molecule has 2 N–H and O–H groups in total. The lowest BCUT2D eigenvalue weighted by Gasteiger charge is -2.18. The number of benzene rings is 1. The van der Waals surface area contributed by atoms with Gasteiger partial charge in [0.05, 0.1) is 26.9 Å². The van der Waals surface area contributed by atoms with E-state index in [1.165, 1.54) is 4.88 Å². The van der Waals surface area contributed by atoms with Crippen molar-refractivity contribution in [2.45, 2.75) is 12.6 Å². The monoisotopic (exact) mass is 293 g/mol. The van der Waals surface area contributed by atoms with Crippen LogP contribution in [0.4, 0.5) is 0 Å². The predicted octanol–water partition coefficient (Wildman–Crippen LogP) is 2.59. The molecule has 5 heteroatoms. The second kappa shape index (κ2) is 7.28. The summed E-state index contributed by atoms with van der Waals surface area (Å²) in [4.78, 5) is 1.23. The normalized spacial score (nSPS) is 12.2. The highest BCUT2D eigenvalue weighted by Gasteiger charge is 2.13. The maximum atomic E-state index is 9.59. The van der Waals surface area contributed by atoms with E-state index in [-0.39, 0.29) is 12.6 Å². The molecule has 0 amide bonds. The number of hydrogen-bond donors (Lipinski definition) is 2. The summed E-state index contributed by atoms with van der Waals surface area (Å²) >= 11 is 1.69. The highest BCUT2D eigenvalue weighted by atomic mass is 32.1. The molecule has 1 heterocycles. The van der Waals surface area contributed by atoms with Crippen LogP contribution in [0.25, 0.3) is 0 Å². The fourth-order valence-corrected chi connectivity index (χ4v) is 2.61. The van der Waals surface area contributed by atoms with E-state index in [0.29, 0.717) is 0 Å². The van der Waals surface area contributed by atoms with Gasteiger partial charge in [-0.25, -0.2) is 0 Å². The summed E-state index contributed by atoms with van der Waals surface area (Å²) < 4.78 is 10.5. The lowest BCUT2D eigenvalue weighted by molar-refractivity contribution is 0.243. The first-order valence-electron chi connectivity index (χ1n) is 6.36. The van der Waals surface area contributed by atoms with Crippen molar-refractivity contribution in [1.29, 1.82) is 0 Å². The van der Waals surface area contributed by atoms with Gasteiger partial charge < -0.3 is 19.9 Å². The molecule has 0 bridgehead atoms. The molecule has 2 rings (SSSR count). The number of ether oxygens (including phenoxy) is 2. The maximum absolute atomic E-state index is 9.59. The first kappa shape index (κ1) is 14.8. The molecule has 0 radical (unpaired) electrons. The summed E-state index contributed by atoms with van der Waals surface area (Å²) in [5, 5.41) is 15.0. The molecule has 1 aromatic heterocycles. The first-order chi connectivity index (χ1) is 9.76. The lowest BCUT2D eigenvalue weighted by atomic mass is 10.1. The van der Waals surface area contributed by atoms with Crippen LogP contribution in [-0.2, 0) is 6.54 Å². The van der Waals surface area contributed by atoms with Crippen molar-refractivity contribution >= 4 is 11.3 Å². The second-order valence-corrected chi connectivity index (χ2v) is 5.37. The second-order valence-electron chi connectivity index (χ2n) is 4.34. The van der Waals surface area contributed by atoms with Crippen LogP contribution in [0.1, 0.15) is 16.5 Å². The summed E-state index contributed by atoms with van der Waals surface area (Å²) in [7, 11) is 3.23. The predicted molar refractivity (Wildman–Crippen MR) is 80.5 cm³/mol. The minimum Gasteiger partial charge on any atom is -0.497 e. The standard InChI is InChI=1S/C15H19NO3S/c1-18-12-6-11(7-13(8-12)19-2)15(10-17)16-9-14-4-3-5-20-14/h3-8,15-17H,9-10H2,1-2H3. The molecule has 0 aliphatic heterocycles. The minimum absolute atomic E-state index is 0.0156. The van der Waals surface area contributed by atoms with E-state index < -0.39 is 0 Å². The summed E-state index contributed by atoms with van der Waals surface area (Å²) in [6.07, 6.45) is 0.